The van der Waals surface area contributed by atoms with Gasteiger partial charge in [-0.15, -0.1) is 0 Å². The third-order valence-electron chi connectivity index (χ3n) is 4.42. The molecule has 34 heavy (non-hydrogen) atoms. The van der Waals surface area contributed by atoms with Crippen molar-refractivity contribution in [1.82, 2.24) is 14.3 Å². The van der Waals surface area contributed by atoms with Crippen molar-refractivity contribution < 1.29 is 17.6 Å². The lowest BCUT2D eigenvalue weighted by atomic mass is 10.1. The van der Waals surface area contributed by atoms with Crippen molar-refractivity contribution in [1.29, 1.82) is 0 Å². The summed E-state index contributed by atoms with van der Waals surface area (Å²) >= 11 is 1.22. The van der Waals surface area contributed by atoms with Crippen molar-refractivity contribution >= 4 is 39.7 Å². The quantitative estimate of drug-likeness (QED) is 0.203. The molecule has 0 fully saturated rings. The van der Waals surface area contributed by atoms with Gasteiger partial charge in [0.2, 0.25) is 5.95 Å². The van der Waals surface area contributed by atoms with Crippen LogP contribution in [0.1, 0.15) is 25.1 Å². The van der Waals surface area contributed by atoms with Gasteiger partial charge in [0.05, 0.1) is 16.9 Å². The predicted octanol–water partition coefficient (Wildman–Crippen LogP) is 7.16. The van der Waals surface area contributed by atoms with Crippen LogP contribution in [0.2, 0.25) is 0 Å². The molecule has 0 aliphatic rings. The Hall–Kier alpha value is -3.73. The molecule has 0 saturated heterocycles. The number of hydrogen-bond acceptors (Lipinski definition) is 7. The van der Waals surface area contributed by atoms with Gasteiger partial charge in [0.25, 0.3) is 0 Å². The van der Waals surface area contributed by atoms with E-state index in [9.17, 15) is 17.6 Å². The van der Waals surface area contributed by atoms with Crippen LogP contribution in [-0.4, -0.2) is 14.3 Å². The minimum Gasteiger partial charge on any atom is -0.399 e. The maximum absolute atomic E-state index is 14.3. The predicted molar refractivity (Wildman–Crippen MR) is 128 cm³/mol. The largest absolute Gasteiger partial charge is 0.416 e. The van der Waals surface area contributed by atoms with Gasteiger partial charge in [-0.3, -0.25) is 0 Å². The number of halogens is 4. The number of rotatable bonds is 5. The standard InChI is InChI=1S/C21H16F4N6S.C2H6/c1-11-8-18(32-31-11)29-20-27-10-15(12-2-4-13(5-3-12)21(23,24)25)19(30-20)28-17-9-14(26)6-7-16(17)22;1-2/h2-10H,26H2,1H3,(H2,27,28,29,30);1-2H3. The van der Waals surface area contributed by atoms with Crippen LogP contribution in [0.3, 0.4) is 0 Å². The molecule has 0 spiro atoms. The van der Waals surface area contributed by atoms with E-state index in [4.69, 9.17) is 5.73 Å². The molecular formula is C23H22F4N6S. The van der Waals surface area contributed by atoms with E-state index in [2.05, 4.69) is 25.0 Å². The fourth-order valence-electron chi connectivity index (χ4n) is 2.89. The molecule has 0 unspecified atom stereocenters. The molecule has 0 amide bonds. The van der Waals surface area contributed by atoms with Crippen molar-refractivity contribution in [3.63, 3.8) is 0 Å². The maximum atomic E-state index is 14.3. The molecule has 4 N–H and O–H groups in total. The molecule has 4 aromatic rings. The molecule has 0 aliphatic carbocycles. The Kier molecular flexibility index (Phi) is 7.67. The van der Waals surface area contributed by atoms with E-state index < -0.39 is 17.6 Å². The molecule has 4 rings (SSSR count). The summed E-state index contributed by atoms with van der Waals surface area (Å²) in [5, 5.41) is 6.59. The van der Waals surface area contributed by atoms with E-state index in [0.29, 0.717) is 21.8 Å². The van der Waals surface area contributed by atoms with Gasteiger partial charge in [-0.25, -0.2) is 9.37 Å². The van der Waals surface area contributed by atoms with Crippen LogP contribution in [0.4, 0.5) is 45.7 Å². The Labute approximate surface area is 198 Å². The molecule has 0 aliphatic heterocycles. The number of nitrogens with two attached hydrogens (primary N) is 1. The minimum absolute atomic E-state index is 0.0662. The van der Waals surface area contributed by atoms with Crippen LogP contribution in [0, 0.1) is 12.7 Å². The summed E-state index contributed by atoms with van der Waals surface area (Å²) in [5.41, 5.74) is 7.00. The third-order valence-corrected chi connectivity index (χ3v) is 5.21. The highest BCUT2D eigenvalue weighted by Crippen LogP contribution is 2.34. The maximum Gasteiger partial charge on any atom is 0.416 e. The zero-order valence-electron chi connectivity index (χ0n) is 18.5. The van der Waals surface area contributed by atoms with Crippen LogP contribution >= 0.6 is 11.5 Å². The zero-order valence-corrected chi connectivity index (χ0v) is 19.4. The van der Waals surface area contributed by atoms with E-state index in [1.165, 1.54) is 48.1 Å². The fourth-order valence-corrected chi connectivity index (χ4v) is 3.54. The molecule has 11 heteroatoms. The molecule has 0 bridgehead atoms. The minimum atomic E-state index is -4.46. The molecule has 0 atom stereocenters. The molecule has 2 aromatic heterocycles. The lowest BCUT2D eigenvalue weighted by molar-refractivity contribution is -0.137. The molecule has 178 valence electrons. The number of nitrogen functional groups attached to an aromatic ring is 1. The van der Waals surface area contributed by atoms with Gasteiger partial charge in [-0.05, 0) is 60.4 Å². The van der Waals surface area contributed by atoms with E-state index in [1.54, 1.807) is 0 Å². The van der Waals surface area contributed by atoms with Gasteiger partial charge in [-0.2, -0.15) is 22.5 Å². The average molecular weight is 491 g/mol. The number of aryl methyl sites for hydroxylation is 1. The highest BCUT2D eigenvalue weighted by atomic mass is 32.1. The summed E-state index contributed by atoms with van der Waals surface area (Å²) in [6.45, 7) is 5.84. The van der Waals surface area contributed by atoms with Crippen LogP contribution in [0.25, 0.3) is 11.1 Å². The number of hydrogen-bond donors (Lipinski definition) is 3. The second-order valence-corrected chi connectivity index (χ2v) is 7.66. The SMILES string of the molecule is CC.Cc1cc(Nc2ncc(-c3ccc(C(F)(F)F)cc3)c(Nc3cc(N)ccc3F)n2)sn1. The van der Waals surface area contributed by atoms with Crippen LogP contribution in [-0.2, 0) is 6.18 Å². The highest BCUT2D eigenvalue weighted by molar-refractivity contribution is 7.10. The lowest BCUT2D eigenvalue weighted by Crippen LogP contribution is -2.05. The van der Waals surface area contributed by atoms with Gasteiger partial charge in [0, 0.05) is 17.4 Å². The van der Waals surface area contributed by atoms with Crippen molar-refractivity contribution in [2.24, 2.45) is 0 Å². The van der Waals surface area contributed by atoms with Crippen LogP contribution in [0.5, 0.6) is 0 Å². The second kappa shape index (κ2) is 10.5. The van der Waals surface area contributed by atoms with E-state index in [0.717, 1.165) is 17.8 Å². The molecule has 2 aromatic carbocycles. The molecule has 6 nitrogen and oxygen atoms in total. The summed E-state index contributed by atoms with van der Waals surface area (Å²) in [7, 11) is 0. The summed E-state index contributed by atoms with van der Waals surface area (Å²) < 4.78 is 57.3. The first-order chi connectivity index (χ1) is 16.2. The van der Waals surface area contributed by atoms with Gasteiger partial charge in [-0.1, -0.05) is 26.0 Å². The normalized spacial score (nSPS) is 10.9. The summed E-state index contributed by atoms with van der Waals surface area (Å²) in [5.74, 6) is -0.173. The van der Waals surface area contributed by atoms with Gasteiger partial charge in [0.1, 0.15) is 16.6 Å². The van der Waals surface area contributed by atoms with Gasteiger partial charge < -0.3 is 16.4 Å². The Bertz CT molecular complexity index is 1260. The summed E-state index contributed by atoms with van der Waals surface area (Å²) in [6.07, 6.45) is -3.01. The van der Waals surface area contributed by atoms with Crippen molar-refractivity contribution in [2.75, 3.05) is 16.4 Å². The van der Waals surface area contributed by atoms with E-state index >= 15 is 0 Å². The number of nitrogens with one attached hydrogen (secondary N) is 2. The summed E-state index contributed by atoms with van der Waals surface area (Å²) in [4.78, 5) is 8.66. The monoisotopic (exact) mass is 490 g/mol. The third kappa shape index (κ3) is 5.98. The van der Waals surface area contributed by atoms with E-state index in [1.807, 2.05) is 26.8 Å². The summed E-state index contributed by atoms with van der Waals surface area (Å²) in [6, 6.07) is 10.4. The smallest absolute Gasteiger partial charge is 0.399 e. The first-order valence-corrected chi connectivity index (χ1v) is 11.0. The number of nitrogens with zero attached hydrogens (tertiary/aromatic N) is 3. The Morgan fingerprint density at radius 1 is 0.971 bits per heavy atom. The number of benzene rings is 2. The van der Waals surface area contributed by atoms with Gasteiger partial charge >= 0.3 is 6.18 Å². The fraction of sp³-hybridized carbons (Fsp3) is 0.174. The van der Waals surface area contributed by atoms with Crippen molar-refractivity contribution in [3.8, 4) is 11.1 Å². The lowest BCUT2D eigenvalue weighted by Gasteiger charge is -2.14. The van der Waals surface area contributed by atoms with Crippen LogP contribution in [0.15, 0.2) is 54.7 Å². The first-order valence-electron chi connectivity index (χ1n) is 10.3. The zero-order chi connectivity index (χ0) is 24.9. The molecule has 0 saturated carbocycles. The Morgan fingerprint density at radius 3 is 2.29 bits per heavy atom. The topological polar surface area (TPSA) is 88.8 Å². The van der Waals surface area contributed by atoms with Crippen molar-refractivity contribution in [2.45, 2.75) is 26.9 Å². The molecule has 0 radical (unpaired) electrons. The van der Waals surface area contributed by atoms with Gasteiger partial charge in [0.15, 0.2) is 0 Å². The number of anilines is 5. The Balaban J connectivity index is 0.00000158. The van der Waals surface area contributed by atoms with Crippen molar-refractivity contribution in [3.05, 3.63) is 71.8 Å². The van der Waals surface area contributed by atoms with Crippen LogP contribution < -0.4 is 16.4 Å². The molecule has 2 heterocycles. The second-order valence-electron chi connectivity index (χ2n) is 6.85. The number of alkyl halides is 3. The molecular weight excluding hydrogens is 468 g/mol. The highest BCUT2D eigenvalue weighted by Gasteiger charge is 2.30. The van der Waals surface area contributed by atoms with E-state index in [-0.39, 0.29) is 17.5 Å². The number of aromatic nitrogens is 3. The average Bonchev–Trinajstić information content (AvgIpc) is 3.22. The Morgan fingerprint density at radius 2 is 1.68 bits per heavy atom. The first kappa shape index (κ1) is 24.9.